The first-order valence-electron chi connectivity index (χ1n) is 9.24. The lowest BCUT2D eigenvalue weighted by Gasteiger charge is -2.17. The molecule has 2 aromatic carbocycles. The van der Waals surface area contributed by atoms with Gasteiger partial charge in [-0.25, -0.2) is 4.39 Å². The van der Waals surface area contributed by atoms with Gasteiger partial charge in [0.2, 0.25) is 5.91 Å². The lowest BCUT2D eigenvalue weighted by molar-refractivity contribution is -0.128. The van der Waals surface area contributed by atoms with Gasteiger partial charge >= 0.3 is 0 Å². The highest BCUT2D eigenvalue weighted by molar-refractivity contribution is 6.31. The van der Waals surface area contributed by atoms with E-state index in [2.05, 4.69) is 10.1 Å². The molecule has 0 N–H and O–H groups in total. The lowest BCUT2D eigenvalue weighted by Crippen LogP contribution is -2.24. The molecule has 4 rings (SSSR count). The van der Waals surface area contributed by atoms with Gasteiger partial charge in [0.05, 0.1) is 0 Å². The number of halogens is 2. The summed E-state index contributed by atoms with van der Waals surface area (Å²) in [4.78, 5) is 20.6. The van der Waals surface area contributed by atoms with E-state index in [0.717, 1.165) is 11.3 Å². The van der Waals surface area contributed by atoms with Gasteiger partial charge in [-0.1, -0.05) is 22.8 Å². The van der Waals surface area contributed by atoms with Gasteiger partial charge in [0.1, 0.15) is 5.82 Å². The topological polar surface area (TPSA) is 62.5 Å². The first-order chi connectivity index (χ1) is 13.9. The Labute approximate surface area is 172 Å². The molecule has 1 fully saturated rings. The van der Waals surface area contributed by atoms with Crippen LogP contribution in [-0.2, 0) is 11.3 Å². The van der Waals surface area contributed by atoms with Crippen molar-refractivity contribution in [2.45, 2.75) is 18.9 Å². The summed E-state index contributed by atoms with van der Waals surface area (Å²) in [7, 11) is 3.95. The monoisotopic (exact) mass is 414 g/mol. The van der Waals surface area contributed by atoms with Gasteiger partial charge in [0.25, 0.3) is 5.89 Å². The highest BCUT2D eigenvalue weighted by atomic mass is 35.5. The van der Waals surface area contributed by atoms with Crippen LogP contribution in [0.3, 0.4) is 0 Å². The summed E-state index contributed by atoms with van der Waals surface area (Å²) in [5.41, 5.74) is 2.61. The highest BCUT2D eigenvalue weighted by Crippen LogP contribution is 2.30. The van der Waals surface area contributed by atoms with Crippen molar-refractivity contribution in [3.05, 3.63) is 64.7 Å². The number of carbonyl (C=O) groups is 1. The van der Waals surface area contributed by atoms with Crippen LogP contribution in [0.1, 0.15) is 23.7 Å². The maximum atomic E-state index is 13.2. The number of aromatic nitrogens is 2. The summed E-state index contributed by atoms with van der Waals surface area (Å²) < 4.78 is 18.6. The molecule has 1 aliphatic heterocycles. The van der Waals surface area contributed by atoms with Crippen LogP contribution in [0.4, 0.5) is 10.1 Å². The molecule has 1 aliphatic rings. The predicted molar refractivity (Wildman–Crippen MR) is 108 cm³/mol. The molecule has 1 unspecified atom stereocenters. The van der Waals surface area contributed by atoms with Gasteiger partial charge in [-0.2, -0.15) is 4.98 Å². The maximum absolute atomic E-state index is 13.2. The van der Waals surface area contributed by atoms with Crippen molar-refractivity contribution in [1.29, 1.82) is 0 Å². The van der Waals surface area contributed by atoms with Crippen LogP contribution < -0.4 is 4.90 Å². The summed E-state index contributed by atoms with van der Waals surface area (Å²) in [5, 5.41) is 4.40. The number of rotatable bonds is 5. The number of hydrogen-bond donors (Lipinski definition) is 0. The van der Waals surface area contributed by atoms with Crippen molar-refractivity contribution < 1.29 is 13.7 Å². The minimum absolute atomic E-state index is 0.0166. The van der Waals surface area contributed by atoms with E-state index in [1.807, 2.05) is 43.3 Å². The smallest absolute Gasteiger partial charge is 0.257 e. The van der Waals surface area contributed by atoms with E-state index in [9.17, 15) is 9.18 Å². The van der Waals surface area contributed by atoms with Gasteiger partial charge < -0.3 is 14.3 Å². The number of likely N-dealkylation sites (tertiary alicyclic amines) is 1. The first kappa shape index (κ1) is 19.4. The van der Waals surface area contributed by atoms with E-state index in [0.29, 0.717) is 41.8 Å². The molecule has 150 valence electrons. The second-order valence-corrected chi connectivity index (χ2v) is 7.72. The molecule has 29 heavy (non-hydrogen) atoms. The van der Waals surface area contributed by atoms with E-state index in [1.54, 1.807) is 11.0 Å². The Balaban J connectivity index is 1.46. The third kappa shape index (κ3) is 4.10. The Kier molecular flexibility index (Phi) is 5.24. The largest absolute Gasteiger partial charge is 0.378 e. The summed E-state index contributed by atoms with van der Waals surface area (Å²) in [6.07, 6.45) is 0.303. The zero-order valence-corrected chi connectivity index (χ0v) is 16.9. The van der Waals surface area contributed by atoms with Crippen molar-refractivity contribution >= 4 is 23.2 Å². The molecule has 8 heteroatoms. The fourth-order valence-electron chi connectivity index (χ4n) is 3.37. The van der Waals surface area contributed by atoms with E-state index >= 15 is 0 Å². The molecule has 2 heterocycles. The number of carbonyl (C=O) groups excluding carboxylic acids is 1. The standard InChI is InChI=1S/C21H20ClFN4O2/c1-26(2)17-7-4-13(5-8-17)21-24-20(25-29-21)15-9-19(28)27(12-15)11-14-3-6-16(23)10-18(14)22/h3-8,10,15H,9,11-12H2,1-2H3. The molecule has 3 aromatic rings. The summed E-state index contributed by atoms with van der Waals surface area (Å²) in [5.74, 6) is 0.371. The zero-order valence-electron chi connectivity index (χ0n) is 16.1. The molecule has 0 saturated carbocycles. The average molecular weight is 415 g/mol. The van der Waals surface area contributed by atoms with E-state index in [1.165, 1.54) is 12.1 Å². The molecule has 1 atom stereocenters. The number of nitrogens with zero attached hydrogens (tertiary/aromatic N) is 4. The van der Waals surface area contributed by atoms with Gasteiger partial charge in [-0.3, -0.25) is 4.79 Å². The molecule has 1 amide bonds. The minimum atomic E-state index is -0.401. The fourth-order valence-corrected chi connectivity index (χ4v) is 3.60. The molecule has 0 aliphatic carbocycles. The van der Waals surface area contributed by atoms with E-state index < -0.39 is 5.82 Å². The highest BCUT2D eigenvalue weighted by Gasteiger charge is 2.34. The Morgan fingerprint density at radius 3 is 2.69 bits per heavy atom. The number of hydrogen-bond acceptors (Lipinski definition) is 5. The molecular formula is C21H20ClFN4O2. The fraction of sp³-hybridized carbons (Fsp3) is 0.286. The lowest BCUT2D eigenvalue weighted by atomic mass is 10.1. The van der Waals surface area contributed by atoms with Crippen LogP contribution in [0.5, 0.6) is 0 Å². The molecular weight excluding hydrogens is 395 g/mol. The number of benzene rings is 2. The van der Waals surface area contributed by atoms with Gasteiger partial charge in [-0.05, 0) is 42.0 Å². The van der Waals surface area contributed by atoms with E-state index in [-0.39, 0.29) is 11.8 Å². The molecule has 1 saturated heterocycles. The van der Waals surface area contributed by atoms with Crippen LogP contribution in [-0.4, -0.2) is 41.6 Å². The van der Waals surface area contributed by atoms with E-state index in [4.69, 9.17) is 16.1 Å². The van der Waals surface area contributed by atoms with Gasteiger partial charge in [0.15, 0.2) is 5.82 Å². The molecule has 0 radical (unpaired) electrons. The Morgan fingerprint density at radius 1 is 1.24 bits per heavy atom. The summed E-state index contributed by atoms with van der Waals surface area (Å²) >= 11 is 6.09. The Bertz CT molecular complexity index is 1040. The zero-order chi connectivity index (χ0) is 20.5. The van der Waals surface area contributed by atoms with Crippen LogP contribution in [0.15, 0.2) is 47.0 Å². The quantitative estimate of drug-likeness (QED) is 0.628. The average Bonchev–Trinajstić information content (AvgIpc) is 3.31. The second-order valence-electron chi connectivity index (χ2n) is 7.31. The summed E-state index contributed by atoms with van der Waals surface area (Å²) in [6.45, 7) is 0.788. The van der Waals surface area contributed by atoms with Crippen molar-refractivity contribution in [1.82, 2.24) is 15.0 Å². The van der Waals surface area contributed by atoms with Crippen molar-refractivity contribution in [3.8, 4) is 11.5 Å². The summed E-state index contributed by atoms with van der Waals surface area (Å²) in [6, 6.07) is 12.0. The molecule has 0 bridgehead atoms. The van der Waals surface area contributed by atoms with Crippen molar-refractivity contribution in [3.63, 3.8) is 0 Å². The van der Waals surface area contributed by atoms with Crippen LogP contribution in [0.2, 0.25) is 5.02 Å². The third-order valence-corrected chi connectivity index (χ3v) is 5.38. The maximum Gasteiger partial charge on any atom is 0.257 e. The normalized spacial score (nSPS) is 16.5. The third-order valence-electron chi connectivity index (χ3n) is 5.03. The van der Waals surface area contributed by atoms with Crippen LogP contribution in [0.25, 0.3) is 11.5 Å². The van der Waals surface area contributed by atoms with Crippen molar-refractivity contribution in [2.75, 3.05) is 25.5 Å². The van der Waals surface area contributed by atoms with Crippen molar-refractivity contribution in [2.24, 2.45) is 0 Å². The Hall–Kier alpha value is -2.93. The SMILES string of the molecule is CN(C)c1ccc(-c2nc(C3CC(=O)N(Cc4ccc(F)cc4Cl)C3)no2)cc1. The first-order valence-corrected chi connectivity index (χ1v) is 9.61. The molecule has 1 aromatic heterocycles. The van der Waals surface area contributed by atoms with Crippen LogP contribution in [0, 0.1) is 5.82 Å². The molecule has 6 nitrogen and oxygen atoms in total. The Morgan fingerprint density at radius 2 is 2.00 bits per heavy atom. The second kappa shape index (κ2) is 7.83. The predicted octanol–water partition coefficient (Wildman–Crippen LogP) is 4.11. The van der Waals surface area contributed by atoms with Gasteiger partial charge in [0, 0.05) is 55.8 Å². The van der Waals surface area contributed by atoms with Gasteiger partial charge in [-0.15, -0.1) is 0 Å². The molecule has 0 spiro atoms. The minimum Gasteiger partial charge on any atom is -0.378 e. The van der Waals surface area contributed by atoms with Crippen LogP contribution >= 0.6 is 11.6 Å². The number of amides is 1. The number of anilines is 1.